The number of hydrogen-bond acceptors (Lipinski definition) is 2. The fraction of sp³-hybridized carbons (Fsp3) is 0. The summed E-state index contributed by atoms with van der Waals surface area (Å²) in [5, 5.41) is 12.3. The second-order valence-electron chi connectivity index (χ2n) is 13.0. The van der Waals surface area contributed by atoms with Crippen molar-refractivity contribution >= 4 is 81.6 Å². The van der Waals surface area contributed by atoms with E-state index in [-0.39, 0.29) is 0 Å². The Hall–Kier alpha value is -6.58. The lowest BCUT2D eigenvalue weighted by Crippen LogP contribution is -1.94. The first kappa shape index (κ1) is 26.5. The van der Waals surface area contributed by atoms with E-state index in [1.807, 2.05) is 12.3 Å². The van der Waals surface area contributed by atoms with Crippen LogP contribution >= 0.6 is 0 Å². The molecule has 0 N–H and O–H groups in total. The Kier molecular flexibility index (Phi) is 5.38. The van der Waals surface area contributed by atoms with Crippen molar-refractivity contribution in [2.24, 2.45) is 0 Å². The maximum Gasteiger partial charge on any atom is 0.146 e. The fourth-order valence-electron chi connectivity index (χ4n) is 8.13. The summed E-state index contributed by atoms with van der Waals surface area (Å²) in [7, 11) is 0. The van der Waals surface area contributed by atoms with Crippen molar-refractivity contribution in [1.82, 2.24) is 14.4 Å². The largest absolute Gasteiger partial charge is 0.292 e. The Balaban J connectivity index is 1.14. The molecule has 0 saturated heterocycles. The average molecular weight is 622 g/mol. The SMILES string of the molecule is c1cc(-c2ccc3c4ccccc4c4ccccc4c3c2)cc(-c2ccc3c4c(ccc5cccnc54)c4nc5ccccc5n4c3c2)c1. The van der Waals surface area contributed by atoms with E-state index in [9.17, 15) is 0 Å². The summed E-state index contributed by atoms with van der Waals surface area (Å²) in [4.78, 5) is 10.0. The van der Waals surface area contributed by atoms with Gasteiger partial charge in [-0.15, -0.1) is 0 Å². The maximum atomic E-state index is 5.16. The number of aromatic nitrogens is 3. The van der Waals surface area contributed by atoms with Gasteiger partial charge in [-0.2, -0.15) is 0 Å². The van der Waals surface area contributed by atoms with E-state index < -0.39 is 0 Å². The van der Waals surface area contributed by atoms with Gasteiger partial charge in [0.05, 0.1) is 22.1 Å². The molecule has 0 saturated carbocycles. The number of rotatable bonds is 2. The predicted octanol–water partition coefficient (Wildman–Crippen LogP) is 12.1. The Morgan fingerprint density at radius 2 is 1.00 bits per heavy atom. The van der Waals surface area contributed by atoms with Gasteiger partial charge in [0.1, 0.15) is 5.65 Å². The molecule has 0 spiro atoms. The first-order valence-corrected chi connectivity index (χ1v) is 16.7. The zero-order valence-corrected chi connectivity index (χ0v) is 26.4. The number of nitrogens with zero attached hydrogens (tertiary/aromatic N) is 3. The van der Waals surface area contributed by atoms with Crippen molar-refractivity contribution in [1.29, 1.82) is 0 Å². The van der Waals surface area contributed by atoms with E-state index in [0.29, 0.717) is 0 Å². The number of benzene rings is 8. The summed E-state index contributed by atoms with van der Waals surface area (Å²) in [6.07, 6.45) is 1.89. The minimum Gasteiger partial charge on any atom is -0.292 e. The van der Waals surface area contributed by atoms with E-state index in [1.54, 1.807) is 0 Å². The zero-order valence-electron chi connectivity index (χ0n) is 26.4. The molecule has 11 rings (SSSR count). The van der Waals surface area contributed by atoms with Gasteiger partial charge < -0.3 is 0 Å². The molecule has 0 fully saturated rings. The Morgan fingerprint density at radius 1 is 0.388 bits per heavy atom. The van der Waals surface area contributed by atoms with Crippen molar-refractivity contribution in [2.45, 2.75) is 0 Å². The van der Waals surface area contributed by atoms with Gasteiger partial charge in [0.25, 0.3) is 0 Å². The molecule has 0 amide bonds. The number of hydrogen-bond donors (Lipinski definition) is 0. The maximum absolute atomic E-state index is 5.16. The van der Waals surface area contributed by atoms with Crippen LogP contribution < -0.4 is 0 Å². The van der Waals surface area contributed by atoms with E-state index in [2.05, 4.69) is 156 Å². The lowest BCUT2D eigenvalue weighted by atomic mass is 9.91. The van der Waals surface area contributed by atoms with Gasteiger partial charge in [-0.3, -0.25) is 9.38 Å². The van der Waals surface area contributed by atoms with Crippen LogP contribution in [-0.2, 0) is 0 Å². The van der Waals surface area contributed by atoms with E-state index in [0.717, 1.165) is 43.9 Å². The fourth-order valence-corrected chi connectivity index (χ4v) is 8.13. The summed E-state index contributed by atoms with van der Waals surface area (Å²) in [5.74, 6) is 0. The Labute approximate surface area is 281 Å². The molecule has 0 aliphatic heterocycles. The standard InChI is InChI=1S/C46H27N3/c1-2-14-35-33(12-1)34-13-3-4-15-36(34)40-26-31(19-21-37(35)40)29-9-7-10-30(25-29)32-20-22-38-43(27-32)49-42-17-6-5-16-41(42)48-46(49)39-23-18-28-11-8-24-47-45(28)44(38)39/h1-27H. The van der Waals surface area contributed by atoms with Gasteiger partial charge in [-0.05, 0) is 97.0 Å². The van der Waals surface area contributed by atoms with Gasteiger partial charge in [-0.25, -0.2) is 4.98 Å². The van der Waals surface area contributed by atoms with Gasteiger partial charge in [-0.1, -0.05) is 115 Å². The molecule has 0 aliphatic carbocycles. The minimum atomic E-state index is 0.957. The Bertz CT molecular complexity index is 3130. The molecule has 3 aromatic heterocycles. The monoisotopic (exact) mass is 621 g/mol. The Morgan fingerprint density at radius 3 is 1.78 bits per heavy atom. The summed E-state index contributed by atoms with van der Waals surface area (Å²) in [6, 6.07) is 57.2. The van der Waals surface area contributed by atoms with Crippen LogP contribution in [0.25, 0.3) is 104 Å². The van der Waals surface area contributed by atoms with Crippen LogP contribution in [0.1, 0.15) is 0 Å². The lowest BCUT2D eigenvalue weighted by Gasteiger charge is -2.14. The van der Waals surface area contributed by atoms with Crippen LogP contribution in [0.15, 0.2) is 164 Å². The second kappa shape index (κ2) is 9.96. The van der Waals surface area contributed by atoms with Crippen LogP contribution in [0.4, 0.5) is 0 Å². The van der Waals surface area contributed by atoms with Crippen molar-refractivity contribution in [3.63, 3.8) is 0 Å². The van der Waals surface area contributed by atoms with Gasteiger partial charge in [0.15, 0.2) is 0 Å². The van der Waals surface area contributed by atoms with Crippen LogP contribution in [-0.4, -0.2) is 14.4 Å². The summed E-state index contributed by atoms with van der Waals surface area (Å²) in [5.41, 5.74) is 9.93. The molecule has 3 heterocycles. The van der Waals surface area contributed by atoms with Gasteiger partial charge >= 0.3 is 0 Å². The molecule has 3 heteroatoms. The van der Waals surface area contributed by atoms with Crippen molar-refractivity contribution < 1.29 is 0 Å². The number of imidazole rings is 1. The molecule has 3 nitrogen and oxygen atoms in total. The predicted molar refractivity (Wildman–Crippen MR) is 206 cm³/mol. The number of fused-ring (bicyclic) bond motifs is 16. The van der Waals surface area contributed by atoms with Crippen molar-refractivity contribution in [3.05, 3.63) is 164 Å². The first-order chi connectivity index (χ1) is 24.3. The second-order valence-corrected chi connectivity index (χ2v) is 13.0. The molecular weight excluding hydrogens is 595 g/mol. The third-order valence-corrected chi connectivity index (χ3v) is 10.4. The molecule has 226 valence electrons. The normalized spacial score (nSPS) is 12.1. The van der Waals surface area contributed by atoms with Crippen LogP contribution in [0.3, 0.4) is 0 Å². The van der Waals surface area contributed by atoms with Crippen LogP contribution in [0.5, 0.6) is 0 Å². The highest BCUT2D eigenvalue weighted by molar-refractivity contribution is 6.26. The van der Waals surface area contributed by atoms with E-state index in [1.165, 1.54) is 60.0 Å². The first-order valence-electron chi connectivity index (χ1n) is 16.7. The van der Waals surface area contributed by atoms with Crippen LogP contribution in [0.2, 0.25) is 0 Å². The molecule has 11 aromatic rings. The van der Waals surface area contributed by atoms with E-state index in [4.69, 9.17) is 9.97 Å². The van der Waals surface area contributed by atoms with Gasteiger partial charge in [0.2, 0.25) is 0 Å². The topological polar surface area (TPSA) is 30.2 Å². The van der Waals surface area contributed by atoms with Crippen LogP contribution in [0, 0.1) is 0 Å². The molecule has 0 unspecified atom stereocenters. The zero-order chi connectivity index (χ0) is 32.1. The van der Waals surface area contributed by atoms with Crippen molar-refractivity contribution in [3.8, 4) is 22.3 Å². The smallest absolute Gasteiger partial charge is 0.146 e. The molecule has 0 radical (unpaired) electrons. The average Bonchev–Trinajstić information content (AvgIpc) is 3.58. The summed E-state index contributed by atoms with van der Waals surface area (Å²) >= 11 is 0. The number of para-hydroxylation sites is 2. The summed E-state index contributed by atoms with van der Waals surface area (Å²) < 4.78 is 2.33. The molecule has 8 aromatic carbocycles. The lowest BCUT2D eigenvalue weighted by molar-refractivity contribution is 1.31. The molecule has 49 heavy (non-hydrogen) atoms. The molecular formula is C46H27N3. The van der Waals surface area contributed by atoms with Gasteiger partial charge in [0, 0.05) is 27.7 Å². The third kappa shape index (κ3) is 3.78. The van der Waals surface area contributed by atoms with E-state index >= 15 is 0 Å². The third-order valence-electron chi connectivity index (χ3n) is 10.4. The van der Waals surface area contributed by atoms with Crippen molar-refractivity contribution in [2.75, 3.05) is 0 Å². The highest BCUT2D eigenvalue weighted by Crippen LogP contribution is 2.40. The molecule has 0 atom stereocenters. The number of pyridine rings is 2. The molecule has 0 bridgehead atoms. The molecule has 0 aliphatic rings. The summed E-state index contributed by atoms with van der Waals surface area (Å²) in [6.45, 7) is 0. The minimum absolute atomic E-state index is 0.957. The quantitative estimate of drug-likeness (QED) is 0.180. The highest BCUT2D eigenvalue weighted by atomic mass is 15.0. The highest BCUT2D eigenvalue weighted by Gasteiger charge is 2.17.